The highest BCUT2D eigenvalue weighted by Crippen LogP contribution is 2.37. The summed E-state index contributed by atoms with van der Waals surface area (Å²) in [6, 6.07) is 5.36. The normalized spacial score (nSPS) is 12.1. The predicted molar refractivity (Wildman–Crippen MR) is 120 cm³/mol. The lowest BCUT2D eigenvalue weighted by molar-refractivity contribution is 0.464. The van der Waals surface area contributed by atoms with E-state index >= 15 is 0 Å². The van der Waals surface area contributed by atoms with Gasteiger partial charge in [-0.05, 0) is 56.4 Å². The number of nitrogens with zero attached hydrogens (tertiary/aromatic N) is 2. The summed E-state index contributed by atoms with van der Waals surface area (Å²) in [6.07, 6.45) is 4.30. The maximum Gasteiger partial charge on any atom is 0.214 e. The van der Waals surface area contributed by atoms with Crippen molar-refractivity contribution in [3.63, 3.8) is 0 Å². The lowest BCUT2D eigenvalue weighted by atomic mass is 10.0. The van der Waals surface area contributed by atoms with Crippen molar-refractivity contribution in [3.05, 3.63) is 46.9 Å². The molecule has 1 aromatic carbocycles. The molecule has 2 rings (SSSR count). The third kappa shape index (κ3) is 7.25. The average molecular weight is 461 g/mol. The van der Waals surface area contributed by atoms with Crippen LogP contribution in [0.25, 0.3) is 0 Å². The van der Waals surface area contributed by atoms with Gasteiger partial charge >= 0.3 is 0 Å². The third-order valence-electron chi connectivity index (χ3n) is 4.81. The summed E-state index contributed by atoms with van der Waals surface area (Å²) < 4.78 is 45.1. The largest absolute Gasteiger partial charge is 0.373 e. The van der Waals surface area contributed by atoms with Gasteiger partial charge in [-0.2, -0.15) is 4.39 Å². The topological polar surface area (TPSA) is 40.2 Å². The number of anilines is 2. The van der Waals surface area contributed by atoms with Gasteiger partial charge < -0.3 is 14.9 Å². The van der Waals surface area contributed by atoms with E-state index in [1.807, 2.05) is 7.05 Å². The van der Waals surface area contributed by atoms with Crippen molar-refractivity contribution < 1.29 is 13.2 Å². The molecule has 0 bridgehead atoms. The molecule has 0 amide bonds. The Labute approximate surface area is 185 Å². The Morgan fingerprint density at radius 1 is 1.20 bits per heavy atom. The van der Waals surface area contributed by atoms with Gasteiger partial charge in [0.25, 0.3) is 0 Å². The van der Waals surface area contributed by atoms with Crippen molar-refractivity contribution in [1.82, 2.24) is 10.3 Å². The van der Waals surface area contributed by atoms with Gasteiger partial charge in [0.2, 0.25) is 5.95 Å². The first kappa shape index (κ1) is 24.6. The molecule has 2 aromatic rings. The molecular weight excluding hydrogens is 433 g/mol. The molecule has 1 heterocycles. The van der Waals surface area contributed by atoms with E-state index in [9.17, 15) is 13.2 Å². The van der Waals surface area contributed by atoms with Crippen molar-refractivity contribution >= 4 is 35.1 Å². The summed E-state index contributed by atoms with van der Waals surface area (Å²) in [6.45, 7) is 3.83. The zero-order chi connectivity index (χ0) is 22.1. The number of unbranched alkanes of at least 4 members (excludes halogenated alkanes) is 1. The molecule has 0 spiro atoms. The van der Waals surface area contributed by atoms with E-state index in [1.54, 1.807) is 11.9 Å². The molecule has 9 heteroatoms. The zero-order valence-corrected chi connectivity index (χ0v) is 19.0. The predicted octanol–water partition coefficient (Wildman–Crippen LogP) is 6.12. The van der Waals surface area contributed by atoms with Gasteiger partial charge in [0.15, 0.2) is 5.82 Å². The van der Waals surface area contributed by atoms with Crippen LogP contribution in [0.3, 0.4) is 0 Å². The molecule has 0 fully saturated rings. The smallest absolute Gasteiger partial charge is 0.214 e. The SMILES string of the molecule is CNCCCCC(C)CCN(C)c1cc(F)c(SNc2cccc(F)n2)c(F)c1Cl. The number of benzene rings is 1. The number of hydrogen-bond acceptors (Lipinski definition) is 5. The summed E-state index contributed by atoms with van der Waals surface area (Å²) in [5.41, 5.74) is 0.308. The summed E-state index contributed by atoms with van der Waals surface area (Å²) >= 11 is 6.86. The molecule has 0 aliphatic rings. The minimum Gasteiger partial charge on any atom is -0.373 e. The van der Waals surface area contributed by atoms with Crippen LogP contribution in [0, 0.1) is 23.5 Å². The zero-order valence-electron chi connectivity index (χ0n) is 17.4. The summed E-state index contributed by atoms with van der Waals surface area (Å²) in [5, 5.41) is 2.99. The van der Waals surface area contributed by atoms with Gasteiger partial charge in [-0.25, -0.2) is 13.8 Å². The molecule has 0 aliphatic carbocycles. The third-order valence-corrected chi connectivity index (χ3v) is 6.06. The van der Waals surface area contributed by atoms with E-state index in [0.717, 1.165) is 32.2 Å². The minimum absolute atomic E-state index is 0.142. The van der Waals surface area contributed by atoms with E-state index in [1.165, 1.54) is 24.3 Å². The van der Waals surface area contributed by atoms with E-state index in [4.69, 9.17) is 11.6 Å². The van der Waals surface area contributed by atoms with Crippen LogP contribution < -0.4 is 14.9 Å². The number of hydrogen-bond donors (Lipinski definition) is 2. The molecule has 0 radical (unpaired) electrons. The van der Waals surface area contributed by atoms with Crippen LogP contribution in [0.1, 0.15) is 32.6 Å². The molecule has 2 N–H and O–H groups in total. The van der Waals surface area contributed by atoms with Gasteiger partial charge in [-0.3, -0.25) is 0 Å². The second-order valence-corrected chi connectivity index (χ2v) is 8.49. The van der Waals surface area contributed by atoms with E-state index in [0.29, 0.717) is 30.1 Å². The van der Waals surface area contributed by atoms with Gasteiger partial charge in [-0.15, -0.1) is 0 Å². The van der Waals surface area contributed by atoms with Gasteiger partial charge in [-0.1, -0.05) is 37.4 Å². The molecule has 1 atom stereocenters. The highest BCUT2D eigenvalue weighted by molar-refractivity contribution is 8.00. The molecule has 1 unspecified atom stereocenters. The Kier molecular flexibility index (Phi) is 10.1. The first-order chi connectivity index (χ1) is 14.3. The average Bonchev–Trinajstić information content (AvgIpc) is 2.72. The molecule has 166 valence electrons. The number of pyridine rings is 1. The Hall–Kier alpha value is -1.64. The fraction of sp³-hybridized carbons (Fsp3) is 0.476. The van der Waals surface area contributed by atoms with Crippen LogP contribution in [0.15, 0.2) is 29.2 Å². The quantitative estimate of drug-likeness (QED) is 0.173. The molecular formula is C21H28ClF3N4S. The maximum absolute atomic E-state index is 14.7. The molecule has 0 saturated heterocycles. The van der Waals surface area contributed by atoms with E-state index in [-0.39, 0.29) is 15.7 Å². The monoisotopic (exact) mass is 460 g/mol. The summed E-state index contributed by atoms with van der Waals surface area (Å²) in [5.74, 6) is -1.62. The van der Waals surface area contributed by atoms with Crippen molar-refractivity contribution in [2.75, 3.05) is 36.8 Å². The summed E-state index contributed by atoms with van der Waals surface area (Å²) in [4.78, 5) is 5.08. The van der Waals surface area contributed by atoms with Gasteiger partial charge in [0.1, 0.15) is 21.6 Å². The van der Waals surface area contributed by atoms with Gasteiger partial charge in [0.05, 0.1) is 5.69 Å². The van der Waals surface area contributed by atoms with Crippen LogP contribution in [0.5, 0.6) is 0 Å². The van der Waals surface area contributed by atoms with Crippen LogP contribution >= 0.6 is 23.5 Å². The minimum atomic E-state index is -0.854. The Morgan fingerprint density at radius 2 is 1.97 bits per heavy atom. The number of rotatable bonds is 12. The van der Waals surface area contributed by atoms with E-state index in [2.05, 4.69) is 21.9 Å². The first-order valence-corrected chi connectivity index (χ1v) is 11.1. The van der Waals surface area contributed by atoms with Crippen LogP contribution in [-0.4, -0.2) is 32.2 Å². The number of aromatic nitrogens is 1. The van der Waals surface area contributed by atoms with Gasteiger partial charge in [0, 0.05) is 19.7 Å². The molecule has 1 aromatic heterocycles. The van der Waals surface area contributed by atoms with Crippen LogP contribution in [0.2, 0.25) is 5.02 Å². The lowest BCUT2D eigenvalue weighted by Crippen LogP contribution is -2.21. The highest BCUT2D eigenvalue weighted by atomic mass is 35.5. The second kappa shape index (κ2) is 12.3. The molecule has 0 saturated carbocycles. The fourth-order valence-corrected chi connectivity index (χ4v) is 4.00. The van der Waals surface area contributed by atoms with Crippen molar-refractivity contribution in [3.8, 4) is 0 Å². The summed E-state index contributed by atoms with van der Waals surface area (Å²) in [7, 11) is 3.72. The van der Waals surface area contributed by atoms with Crippen molar-refractivity contribution in [1.29, 1.82) is 0 Å². The van der Waals surface area contributed by atoms with E-state index < -0.39 is 17.6 Å². The maximum atomic E-state index is 14.7. The Morgan fingerprint density at radius 3 is 2.67 bits per heavy atom. The van der Waals surface area contributed by atoms with Crippen molar-refractivity contribution in [2.45, 2.75) is 37.5 Å². The Balaban J connectivity index is 1.98. The lowest BCUT2D eigenvalue weighted by Gasteiger charge is -2.23. The molecule has 30 heavy (non-hydrogen) atoms. The molecule has 0 aliphatic heterocycles. The Bertz CT molecular complexity index is 825. The van der Waals surface area contributed by atoms with Crippen LogP contribution in [-0.2, 0) is 0 Å². The fourth-order valence-electron chi connectivity index (χ4n) is 2.98. The molecule has 4 nitrogen and oxygen atoms in total. The first-order valence-electron chi connectivity index (χ1n) is 9.92. The highest BCUT2D eigenvalue weighted by Gasteiger charge is 2.21. The van der Waals surface area contributed by atoms with Crippen LogP contribution in [0.4, 0.5) is 24.7 Å². The standard InChI is InChI=1S/C21H28ClF3N4S/c1-14(7-4-5-11-26-2)10-12-29(3)16-13-15(23)21(20(25)19(16)22)30-28-18-9-6-8-17(24)27-18/h6,8-9,13-14,26H,4-5,7,10-12H2,1-3H3,(H,27,28). The van der Waals surface area contributed by atoms with Crippen molar-refractivity contribution in [2.24, 2.45) is 5.92 Å². The number of nitrogens with one attached hydrogen (secondary N) is 2. The number of halogens is 4. The second-order valence-electron chi connectivity index (χ2n) is 7.30.